The van der Waals surface area contributed by atoms with Gasteiger partial charge in [-0.3, -0.25) is 0 Å². The lowest BCUT2D eigenvalue weighted by molar-refractivity contribution is 0.269. The van der Waals surface area contributed by atoms with Crippen molar-refractivity contribution in [2.45, 2.75) is 31.1 Å². The van der Waals surface area contributed by atoms with E-state index in [0.717, 1.165) is 19.3 Å². The Morgan fingerprint density at radius 1 is 1.33 bits per heavy atom. The number of sulfonamides is 1. The average molecular weight is 307 g/mol. The first-order valence-corrected chi connectivity index (χ1v) is 8.72. The van der Waals surface area contributed by atoms with Crippen molar-refractivity contribution in [3.8, 4) is 11.8 Å². The Balaban J connectivity index is 2.20. The Hall–Kier alpha value is -1.35. The Morgan fingerprint density at radius 3 is 2.67 bits per heavy atom. The molecule has 1 heterocycles. The van der Waals surface area contributed by atoms with E-state index in [-0.39, 0.29) is 11.5 Å². The SMILES string of the molecule is CCC1CCN(S(=O)(=O)c2cccc(C#CCO)c2)CC1. The second-order valence-corrected chi connectivity index (χ2v) is 7.18. The molecule has 0 amide bonds. The summed E-state index contributed by atoms with van der Waals surface area (Å²) >= 11 is 0. The first kappa shape index (κ1) is 16.0. The number of rotatable bonds is 3. The molecule has 1 saturated heterocycles. The van der Waals surface area contributed by atoms with Gasteiger partial charge in [-0.1, -0.05) is 31.3 Å². The Bertz CT molecular complexity index is 635. The van der Waals surface area contributed by atoms with Crippen molar-refractivity contribution in [1.82, 2.24) is 4.31 Å². The van der Waals surface area contributed by atoms with Crippen LogP contribution in [0.4, 0.5) is 0 Å². The van der Waals surface area contributed by atoms with Crippen LogP contribution in [0.1, 0.15) is 31.7 Å². The number of aliphatic hydroxyl groups is 1. The maximum absolute atomic E-state index is 12.6. The second kappa shape index (κ2) is 7.08. The average Bonchev–Trinajstić information content (AvgIpc) is 2.53. The molecule has 5 heteroatoms. The molecule has 2 rings (SSSR count). The summed E-state index contributed by atoms with van der Waals surface area (Å²) in [6.45, 7) is 3.10. The van der Waals surface area contributed by atoms with Crippen molar-refractivity contribution >= 4 is 10.0 Å². The molecule has 1 aromatic carbocycles. The van der Waals surface area contributed by atoms with Crippen LogP contribution in [-0.4, -0.2) is 37.5 Å². The molecule has 0 unspecified atom stereocenters. The molecule has 0 bridgehead atoms. The molecule has 114 valence electrons. The van der Waals surface area contributed by atoms with Crippen LogP contribution in [0.5, 0.6) is 0 Å². The molecule has 0 aliphatic carbocycles. The van der Waals surface area contributed by atoms with E-state index in [2.05, 4.69) is 18.8 Å². The summed E-state index contributed by atoms with van der Waals surface area (Å²) in [5, 5.41) is 8.71. The van der Waals surface area contributed by atoms with Crippen LogP contribution in [0.15, 0.2) is 29.2 Å². The van der Waals surface area contributed by atoms with Gasteiger partial charge in [0, 0.05) is 18.7 Å². The Labute approximate surface area is 126 Å². The lowest BCUT2D eigenvalue weighted by Gasteiger charge is -2.30. The van der Waals surface area contributed by atoms with E-state index in [0.29, 0.717) is 24.6 Å². The van der Waals surface area contributed by atoms with Gasteiger partial charge in [-0.25, -0.2) is 8.42 Å². The summed E-state index contributed by atoms with van der Waals surface area (Å²) in [6, 6.07) is 6.60. The Kier molecular flexibility index (Phi) is 5.40. The summed E-state index contributed by atoms with van der Waals surface area (Å²) in [4.78, 5) is 0.280. The van der Waals surface area contributed by atoms with Gasteiger partial charge >= 0.3 is 0 Å². The molecule has 0 saturated carbocycles. The fourth-order valence-corrected chi connectivity index (χ4v) is 4.10. The van der Waals surface area contributed by atoms with E-state index in [1.807, 2.05) is 0 Å². The minimum atomic E-state index is -3.44. The lowest BCUT2D eigenvalue weighted by atomic mass is 9.96. The minimum Gasteiger partial charge on any atom is -0.384 e. The summed E-state index contributed by atoms with van der Waals surface area (Å²) in [7, 11) is -3.44. The molecule has 1 aromatic rings. The van der Waals surface area contributed by atoms with Crippen LogP contribution < -0.4 is 0 Å². The number of aliphatic hydroxyl groups excluding tert-OH is 1. The number of hydrogen-bond donors (Lipinski definition) is 1. The normalized spacial score (nSPS) is 17.2. The zero-order valence-corrected chi connectivity index (χ0v) is 13.1. The van der Waals surface area contributed by atoms with E-state index in [4.69, 9.17) is 5.11 Å². The summed E-state index contributed by atoms with van der Waals surface area (Å²) in [6.07, 6.45) is 2.97. The maximum atomic E-state index is 12.6. The fraction of sp³-hybridized carbons (Fsp3) is 0.500. The van der Waals surface area contributed by atoms with Crippen molar-refractivity contribution in [2.75, 3.05) is 19.7 Å². The first-order chi connectivity index (χ1) is 10.1. The molecule has 4 nitrogen and oxygen atoms in total. The highest BCUT2D eigenvalue weighted by molar-refractivity contribution is 7.89. The van der Waals surface area contributed by atoms with E-state index in [1.165, 1.54) is 0 Å². The van der Waals surface area contributed by atoms with Gasteiger partial charge in [0.05, 0.1) is 4.90 Å². The molecular formula is C16H21NO3S. The third-order valence-electron chi connectivity index (χ3n) is 3.93. The minimum absolute atomic E-state index is 0.235. The van der Waals surface area contributed by atoms with Gasteiger partial charge in [-0.05, 0) is 37.0 Å². The maximum Gasteiger partial charge on any atom is 0.243 e. The molecule has 21 heavy (non-hydrogen) atoms. The van der Waals surface area contributed by atoms with Gasteiger partial charge in [0.2, 0.25) is 10.0 Å². The van der Waals surface area contributed by atoms with Gasteiger partial charge in [-0.2, -0.15) is 4.31 Å². The van der Waals surface area contributed by atoms with E-state index in [9.17, 15) is 8.42 Å². The molecule has 0 aromatic heterocycles. The third kappa shape index (κ3) is 3.85. The molecule has 1 N–H and O–H groups in total. The highest BCUT2D eigenvalue weighted by Crippen LogP contribution is 2.25. The van der Waals surface area contributed by atoms with Crippen LogP contribution in [0, 0.1) is 17.8 Å². The molecule has 1 aliphatic heterocycles. The van der Waals surface area contributed by atoms with Crippen LogP contribution in [-0.2, 0) is 10.0 Å². The van der Waals surface area contributed by atoms with Crippen molar-refractivity contribution in [3.63, 3.8) is 0 Å². The summed E-state index contributed by atoms with van der Waals surface area (Å²) in [5.41, 5.74) is 0.605. The predicted molar refractivity (Wildman–Crippen MR) is 82.2 cm³/mol. The first-order valence-electron chi connectivity index (χ1n) is 7.28. The zero-order valence-electron chi connectivity index (χ0n) is 12.2. The molecule has 1 fully saturated rings. The largest absolute Gasteiger partial charge is 0.384 e. The predicted octanol–water partition coefficient (Wildman–Crippen LogP) is 1.84. The van der Waals surface area contributed by atoms with Gasteiger partial charge in [0.1, 0.15) is 6.61 Å². The molecular weight excluding hydrogens is 286 g/mol. The quantitative estimate of drug-likeness (QED) is 0.867. The Morgan fingerprint density at radius 2 is 2.05 bits per heavy atom. The second-order valence-electron chi connectivity index (χ2n) is 5.24. The van der Waals surface area contributed by atoms with E-state index in [1.54, 1.807) is 28.6 Å². The fourth-order valence-electron chi connectivity index (χ4n) is 2.58. The number of piperidine rings is 1. The molecule has 0 radical (unpaired) electrons. The van der Waals surface area contributed by atoms with Gasteiger partial charge in [0.15, 0.2) is 0 Å². The van der Waals surface area contributed by atoms with Gasteiger partial charge in [-0.15, -0.1) is 0 Å². The van der Waals surface area contributed by atoms with Crippen LogP contribution in [0.25, 0.3) is 0 Å². The topological polar surface area (TPSA) is 57.6 Å². The van der Waals surface area contributed by atoms with Crippen molar-refractivity contribution in [1.29, 1.82) is 0 Å². The van der Waals surface area contributed by atoms with Crippen LogP contribution in [0.2, 0.25) is 0 Å². The van der Waals surface area contributed by atoms with Crippen molar-refractivity contribution < 1.29 is 13.5 Å². The summed E-state index contributed by atoms with van der Waals surface area (Å²) in [5.74, 6) is 5.91. The standard InChI is InChI=1S/C16H21NO3S/c1-2-14-8-10-17(11-9-14)21(19,20)16-7-3-5-15(13-16)6-4-12-18/h3,5,7,13-14,18H,2,8-12H2,1H3. The smallest absolute Gasteiger partial charge is 0.243 e. The van der Waals surface area contributed by atoms with Crippen LogP contribution in [0.3, 0.4) is 0 Å². The van der Waals surface area contributed by atoms with E-state index >= 15 is 0 Å². The van der Waals surface area contributed by atoms with Crippen LogP contribution >= 0.6 is 0 Å². The van der Waals surface area contributed by atoms with E-state index < -0.39 is 10.0 Å². The lowest BCUT2D eigenvalue weighted by Crippen LogP contribution is -2.38. The summed E-state index contributed by atoms with van der Waals surface area (Å²) < 4.78 is 26.8. The number of nitrogens with zero attached hydrogens (tertiary/aromatic N) is 1. The number of benzene rings is 1. The zero-order chi connectivity index (χ0) is 15.3. The highest BCUT2D eigenvalue weighted by Gasteiger charge is 2.28. The monoisotopic (exact) mass is 307 g/mol. The third-order valence-corrected chi connectivity index (χ3v) is 5.83. The molecule has 0 spiro atoms. The molecule has 0 atom stereocenters. The molecule has 1 aliphatic rings. The van der Waals surface area contributed by atoms with Crippen molar-refractivity contribution in [2.24, 2.45) is 5.92 Å². The highest BCUT2D eigenvalue weighted by atomic mass is 32.2. The number of hydrogen-bond acceptors (Lipinski definition) is 3. The van der Waals surface area contributed by atoms with Gasteiger partial charge < -0.3 is 5.11 Å². The van der Waals surface area contributed by atoms with Crippen molar-refractivity contribution in [3.05, 3.63) is 29.8 Å². The van der Waals surface area contributed by atoms with Gasteiger partial charge in [0.25, 0.3) is 0 Å².